The van der Waals surface area contributed by atoms with E-state index in [0.29, 0.717) is 13.0 Å². The minimum atomic E-state index is -4.80. The Morgan fingerprint density at radius 1 is 1.27 bits per heavy atom. The predicted molar refractivity (Wildman–Crippen MR) is 85.5 cm³/mol. The van der Waals surface area contributed by atoms with E-state index in [-0.39, 0.29) is 24.6 Å². The summed E-state index contributed by atoms with van der Waals surface area (Å²) in [7, 11) is 0. The third-order valence-corrected chi connectivity index (χ3v) is 3.86. The fraction of sp³-hybridized carbons (Fsp3) is 0.500. The van der Waals surface area contributed by atoms with Gasteiger partial charge in [0, 0.05) is 18.7 Å². The van der Waals surface area contributed by atoms with E-state index in [9.17, 15) is 27.2 Å². The van der Waals surface area contributed by atoms with Crippen LogP contribution in [0.25, 0.3) is 0 Å². The summed E-state index contributed by atoms with van der Waals surface area (Å²) in [6.07, 6.45) is -5.62. The molecule has 1 fully saturated rings. The minimum Gasteiger partial charge on any atom is -0.406 e. The number of piperidine rings is 1. The van der Waals surface area contributed by atoms with Gasteiger partial charge in [0.15, 0.2) is 0 Å². The summed E-state index contributed by atoms with van der Waals surface area (Å²) in [6, 6.07) is 3.14. The van der Waals surface area contributed by atoms with Gasteiger partial charge < -0.3 is 20.3 Å². The number of likely N-dealkylation sites (tertiary alicyclic amines) is 1. The molecule has 0 saturated carbocycles. The van der Waals surface area contributed by atoms with Crippen LogP contribution in [0.4, 0.5) is 28.0 Å². The molecule has 2 atom stereocenters. The average Bonchev–Trinajstić information content (AvgIpc) is 2.56. The van der Waals surface area contributed by atoms with Crippen LogP contribution < -0.4 is 15.4 Å². The molecular weight excluding hydrogens is 358 g/mol. The number of carbonyl (C=O) groups excluding carboxylic acids is 2. The van der Waals surface area contributed by atoms with Gasteiger partial charge in [-0.1, -0.05) is 6.92 Å². The zero-order valence-electron chi connectivity index (χ0n) is 14.0. The molecule has 0 aromatic heterocycles. The fourth-order valence-electron chi connectivity index (χ4n) is 2.59. The van der Waals surface area contributed by atoms with Crippen molar-refractivity contribution in [1.29, 1.82) is 0 Å². The van der Waals surface area contributed by atoms with Crippen LogP contribution in [0, 0.1) is 0 Å². The summed E-state index contributed by atoms with van der Waals surface area (Å²) in [5.74, 6) is -0.558. The lowest BCUT2D eigenvalue weighted by Crippen LogP contribution is -2.54. The summed E-state index contributed by atoms with van der Waals surface area (Å²) >= 11 is 0. The van der Waals surface area contributed by atoms with Gasteiger partial charge in [0.25, 0.3) is 0 Å². The van der Waals surface area contributed by atoms with E-state index in [1.165, 1.54) is 17.0 Å². The second-order valence-electron chi connectivity index (χ2n) is 5.78. The Balaban J connectivity index is 1.84. The molecular formula is C16H19F4N3O3. The largest absolute Gasteiger partial charge is 0.573 e. The monoisotopic (exact) mass is 377 g/mol. The number of amides is 3. The lowest BCUT2D eigenvalue weighted by Gasteiger charge is -2.34. The number of anilines is 1. The van der Waals surface area contributed by atoms with Crippen molar-refractivity contribution in [2.24, 2.45) is 0 Å². The van der Waals surface area contributed by atoms with Crippen molar-refractivity contribution in [3.05, 3.63) is 24.3 Å². The molecule has 1 aliphatic rings. The van der Waals surface area contributed by atoms with E-state index in [1.807, 2.05) is 0 Å². The summed E-state index contributed by atoms with van der Waals surface area (Å²) in [5.41, 5.74) is 0.228. The second-order valence-corrected chi connectivity index (χ2v) is 5.78. The molecule has 144 valence electrons. The maximum Gasteiger partial charge on any atom is 0.573 e. The molecule has 1 aliphatic heterocycles. The Kier molecular flexibility index (Phi) is 6.27. The zero-order chi connectivity index (χ0) is 19.3. The van der Waals surface area contributed by atoms with Gasteiger partial charge in [0.2, 0.25) is 5.91 Å². The number of hydrogen-bond donors (Lipinski definition) is 2. The summed E-state index contributed by atoms with van der Waals surface area (Å²) < 4.78 is 54.1. The number of alkyl halides is 4. The maximum atomic E-state index is 14.1. The topological polar surface area (TPSA) is 70.7 Å². The quantitative estimate of drug-likeness (QED) is 0.793. The molecule has 1 aromatic rings. The normalized spacial score (nSPS) is 20.4. The summed E-state index contributed by atoms with van der Waals surface area (Å²) in [6.45, 7) is 1.96. The molecule has 2 rings (SSSR count). The first-order chi connectivity index (χ1) is 12.2. The van der Waals surface area contributed by atoms with Crippen LogP contribution in [0.3, 0.4) is 0 Å². The molecule has 1 saturated heterocycles. The van der Waals surface area contributed by atoms with Gasteiger partial charge >= 0.3 is 12.4 Å². The first-order valence-corrected chi connectivity index (χ1v) is 8.03. The Morgan fingerprint density at radius 2 is 1.92 bits per heavy atom. The van der Waals surface area contributed by atoms with Gasteiger partial charge in [-0.05, 0) is 30.7 Å². The number of nitrogens with zero attached hydrogens (tertiary/aromatic N) is 1. The lowest BCUT2D eigenvalue weighted by molar-refractivity contribution is -0.274. The molecule has 10 heteroatoms. The zero-order valence-corrected chi connectivity index (χ0v) is 14.0. The first-order valence-electron chi connectivity index (χ1n) is 8.03. The van der Waals surface area contributed by atoms with Gasteiger partial charge in [-0.2, -0.15) is 0 Å². The number of benzene rings is 1. The maximum absolute atomic E-state index is 14.1. The van der Waals surface area contributed by atoms with Gasteiger partial charge in [-0.3, -0.25) is 4.79 Å². The van der Waals surface area contributed by atoms with Crippen LogP contribution in [0.2, 0.25) is 0 Å². The number of hydrogen-bond acceptors (Lipinski definition) is 3. The first kappa shape index (κ1) is 19.8. The van der Waals surface area contributed by atoms with Gasteiger partial charge in [0.05, 0.1) is 12.6 Å². The number of carbonyl (C=O) groups is 2. The molecule has 2 N–H and O–H groups in total. The van der Waals surface area contributed by atoms with E-state index >= 15 is 0 Å². The van der Waals surface area contributed by atoms with Crippen LogP contribution in [0.15, 0.2) is 24.3 Å². The van der Waals surface area contributed by atoms with Gasteiger partial charge in [-0.15, -0.1) is 13.2 Å². The Bertz CT molecular complexity index is 637. The highest BCUT2D eigenvalue weighted by molar-refractivity contribution is 5.89. The van der Waals surface area contributed by atoms with E-state index in [1.54, 1.807) is 6.92 Å². The van der Waals surface area contributed by atoms with Crippen LogP contribution in [0.5, 0.6) is 5.75 Å². The molecule has 0 bridgehead atoms. The number of rotatable bonds is 4. The van der Waals surface area contributed by atoms with Gasteiger partial charge in [0.1, 0.15) is 11.9 Å². The van der Waals surface area contributed by atoms with Crippen molar-refractivity contribution < 1.29 is 31.9 Å². The highest BCUT2D eigenvalue weighted by atomic mass is 19.4. The molecule has 6 nitrogen and oxygen atoms in total. The van der Waals surface area contributed by atoms with E-state index < -0.39 is 30.4 Å². The number of halogens is 4. The average molecular weight is 377 g/mol. The number of urea groups is 1. The molecule has 0 radical (unpaired) electrons. The van der Waals surface area contributed by atoms with E-state index in [4.69, 9.17) is 0 Å². The van der Waals surface area contributed by atoms with Crippen molar-refractivity contribution in [2.45, 2.75) is 38.3 Å². The van der Waals surface area contributed by atoms with Gasteiger partial charge in [-0.25, -0.2) is 9.18 Å². The third kappa shape index (κ3) is 5.78. The Morgan fingerprint density at radius 3 is 2.46 bits per heavy atom. The molecule has 3 amide bonds. The van der Waals surface area contributed by atoms with Crippen LogP contribution >= 0.6 is 0 Å². The highest BCUT2D eigenvalue weighted by Gasteiger charge is 2.32. The number of ether oxygens (including phenoxy) is 1. The summed E-state index contributed by atoms with van der Waals surface area (Å²) in [4.78, 5) is 24.9. The van der Waals surface area contributed by atoms with Crippen LogP contribution in [-0.2, 0) is 4.79 Å². The molecule has 0 spiro atoms. The van der Waals surface area contributed by atoms with Crippen molar-refractivity contribution in [3.63, 3.8) is 0 Å². The van der Waals surface area contributed by atoms with Crippen molar-refractivity contribution in [3.8, 4) is 5.75 Å². The predicted octanol–water partition coefficient (Wildman–Crippen LogP) is 3.06. The lowest BCUT2D eigenvalue weighted by atomic mass is 10.0. The fourth-order valence-corrected chi connectivity index (χ4v) is 2.59. The van der Waals surface area contributed by atoms with Crippen molar-refractivity contribution in [2.75, 3.05) is 18.4 Å². The van der Waals surface area contributed by atoms with Crippen LogP contribution in [-0.4, -0.2) is 48.5 Å². The molecule has 0 aliphatic carbocycles. The smallest absolute Gasteiger partial charge is 0.406 e. The van der Waals surface area contributed by atoms with Crippen molar-refractivity contribution in [1.82, 2.24) is 10.2 Å². The Hall–Kier alpha value is -2.52. The highest BCUT2D eigenvalue weighted by Crippen LogP contribution is 2.24. The minimum absolute atomic E-state index is 0.0822. The standard InChI is InChI=1S/C16H19F4N3O3/c1-2-14(24)23-8-7-13(12(17)9-23)22-15(25)21-10-3-5-11(6-4-10)26-16(18,19)20/h3-6,12-13H,2,7-9H2,1H3,(H2,21,22,25)/t12-,13+/m1/s1. The second kappa shape index (κ2) is 8.24. The Labute approximate surface area is 147 Å². The van der Waals surface area contributed by atoms with E-state index in [2.05, 4.69) is 15.4 Å². The van der Waals surface area contributed by atoms with Crippen molar-refractivity contribution >= 4 is 17.6 Å². The SMILES string of the molecule is CCC(=O)N1CC[C@H](NC(=O)Nc2ccc(OC(F)(F)F)cc2)[C@H](F)C1. The molecule has 1 heterocycles. The molecule has 0 unspecified atom stereocenters. The molecule has 26 heavy (non-hydrogen) atoms. The molecule has 1 aromatic carbocycles. The summed E-state index contributed by atoms with van der Waals surface area (Å²) in [5, 5.41) is 4.88. The van der Waals surface area contributed by atoms with Crippen LogP contribution in [0.1, 0.15) is 19.8 Å². The van der Waals surface area contributed by atoms with E-state index in [0.717, 1.165) is 12.1 Å². The third-order valence-electron chi connectivity index (χ3n) is 3.86. The number of nitrogens with one attached hydrogen (secondary N) is 2.